The summed E-state index contributed by atoms with van der Waals surface area (Å²) in [7, 11) is 2.89. The summed E-state index contributed by atoms with van der Waals surface area (Å²) in [6, 6.07) is 17.3. The first kappa shape index (κ1) is 25.5. The molecule has 0 aromatic heterocycles. The summed E-state index contributed by atoms with van der Waals surface area (Å²) in [5.74, 6) is -0.257. The minimum absolute atomic E-state index is 0.128. The number of fused-ring (bicyclic) bond motifs is 2. The highest BCUT2D eigenvalue weighted by molar-refractivity contribution is 6.00. The fourth-order valence-corrected chi connectivity index (χ4v) is 4.51. The fraction of sp³-hybridized carbons (Fsp3) is 0.400. The van der Waals surface area contributed by atoms with Crippen molar-refractivity contribution in [2.24, 2.45) is 0 Å². The molecule has 0 fully saturated rings. The third-order valence-electron chi connectivity index (χ3n) is 6.34. The van der Waals surface area contributed by atoms with E-state index in [1.807, 2.05) is 0 Å². The molecule has 34 heavy (non-hydrogen) atoms. The van der Waals surface area contributed by atoms with Crippen LogP contribution in [0.3, 0.4) is 0 Å². The molecule has 3 aromatic rings. The second kappa shape index (κ2) is 13.5. The van der Waals surface area contributed by atoms with Gasteiger partial charge in [-0.25, -0.2) is 0 Å². The lowest BCUT2D eigenvalue weighted by molar-refractivity contribution is -0.141. The number of unbranched alkanes of at least 4 members (excludes halogenated alkanes) is 6. The molecule has 0 atom stereocenters. The topological polar surface area (TPSA) is 52.6 Å². The van der Waals surface area contributed by atoms with E-state index in [0.29, 0.717) is 12.8 Å². The largest absolute Gasteiger partial charge is 0.469 e. The minimum Gasteiger partial charge on any atom is -0.469 e. The summed E-state index contributed by atoms with van der Waals surface area (Å²) in [5, 5.41) is 7.74. The zero-order chi connectivity index (χ0) is 24.2. The summed E-state index contributed by atoms with van der Waals surface area (Å²) >= 11 is 0. The molecular formula is C30H36O4. The zero-order valence-electron chi connectivity index (χ0n) is 20.5. The van der Waals surface area contributed by atoms with Gasteiger partial charge in [0.2, 0.25) is 0 Å². The van der Waals surface area contributed by atoms with Crippen molar-refractivity contribution in [1.82, 2.24) is 0 Å². The van der Waals surface area contributed by atoms with Crippen LogP contribution in [-0.4, -0.2) is 26.2 Å². The van der Waals surface area contributed by atoms with Gasteiger partial charge in [0.25, 0.3) is 0 Å². The van der Waals surface area contributed by atoms with Crippen LogP contribution in [0.25, 0.3) is 33.7 Å². The van der Waals surface area contributed by atoms with Gasteiger partial charge in [-0.1, -0.05) is 73.5 Å². The van der Waals surface area contributed by atoms with Crippen LogP contribution in [0.5, 0.6) is 0 Å². The lowest BCUT2D eigenvalue weighted by atomic mass is 9.96. The second-order valence-electron chi connectivity index (χ2n) is 8.68. The molecule has 0 amide bonds. The molecule has 3 rings (SSSR count). The van der Waals surface area contributed by atoms with Gasteiger partial charge in [0.1, 0.15) is 0 Å². The van der Waals surface area contributed by atoms with E-state index in [4.69, 9.17) is 9.47 Å². The van der Waals surface area contributed by atoms with Crippen LogP contribution in [0.2, 0.25) is 0 Å². The molecule has 0 N–H and O–H groups in total. The van der Waals surface area contributed by atoms with Crippen LogP contribution in [0.1, 0.15) is 64.2 Å². The number of ether oxygens (including phenoxy) is 2. The van der Waals surface area contributed by atoms with E-state index >= 15 is 0 Å². The van der Waals surface area contributed by atoms with Crippen molar-refractivity contribution in [2.45, 2.75) is 64.2 Å². The minimum atomic E-state index is -0.128. The SMILES string of the molecule is COC(=O)CCCCCC=c1c2ccccc2c(=CCCCCCC(=O)OC)c2ccccc12. The smallest absolute Gasteiger partial charge is 0.305 e. The molecule has 0 aliphatic rings. The summed E-state index contributed by atoms with van der Waals surface area (Å²) in [6.07, 6.45) is 13.6. The summed E-state index contributed by atoms with van der Waals surface area (Å²) < 4.78 is 9.45. The summed E-state index contributed by atoms with van der Waals surface area (Å²) in [4.78, 5) is 22.6. The quantitative estimate of drug-likeness (QED) is 0.195. The van der Waals surface area contributed by atoms with E-state index in [1.165, 1.54) is 46.2 Å². The van der Waals surface area contributed by atoms with Gasteiger partial charge in [0.15, 0.2) is 0 Å². The van der Waals surface area contributed by atoms with Crippen molar-refractivity contribution in [3.05, 3.63) is 59.0 Å². The predicted octanol–water partition coefficient (Wildman–Crippen LogP) is 5.80. The van der Waals surface area contributed by atoms with Gasteiger partial charge in [-0.3, -0.25) is 9.59 Å². The van der Waals surface area contributed by atoms with Gasteiger partial charge in [-0.2, -0.15) is 0 Å². The van der Waals surface area contributed by atoms with E-state index < -0.39 is 0 Å². The molecule has 180 valence electrons. The molecule has 0 unspecified atom stereocenters. The summed E-state index contributed by atoms with van der Waals surface area (Å²) in [5.41, 5.74) is 0. The molecule has 0 spiro atoms. The highest BCUT2D eigenvalue weighted by Gasteiger charge is 2.06. The molecule has 0 saturated heterocycles. The van der Waals surface area contributed by atoms with Crippen LogP contribution in [0.15, 0.2) is 48.5 Å². The number of carbonyl (C=O) groups excluding carboxylic acids is 2. The standard InChI is InChI=1S/C30H36O4/c1-33-29(31)21-9-5-3-7-15-23-25-17-11-13-19-27(25)24(28-20-14-12-18-26(23)28)16-8-4-6-10-22-30(32)34-2/h11-20H,3-10,21-22H2,1-2H3. The summed E-state index contributed by atoms with van der Waals surface area (Å²) in [6.45, 7) is 0. The average molecular weight is 461 g/mol. The van der Waals surface area contributed by atoms with Crippen LogP contribution >= 0.6 is 0 Å². The molecule has 4 heteroatoms. The maximum atomic E-state index is 11.3. The Kier molecular flexibility index (Phi) is 10.1. The third-order valence-corrected chi connectivity index (χ3v) is 6.34. The highest BCUT2D eigenvalue weighted by Crippen LogP contribution is 2.15. The molecular weight excluding hydrogens is 424 g/mol. The first-order valence-electron chi connectivity index (χ1n) is 12.4. The molecule has 4 nitrogen and oxygen atoms in total. The van der Waals surface area contributed by atoms with Crippen molar-refractivity contribution >= 4 is 45.6 Å². The Bertz CT molecular complexity index is 1070. The predicted molar refractivity (Wildman–Crippen MR) is 140 cm³/mol. The van der Waals surface area contributed by atoms with E-state index in [9.17, 15) is 9.59 Å². The number of esters is 2. The van der Waals surface area contributed by atoms with Crippen LogP contribution in [0, 0.1) is 0 Å². The molecule has 0 heterocycles. The van der Waals surface area contributed by atoms with Gasteiger partial charge in [-0.05, 0) is 70.5 Å². The number of carbonyl (C=O) groups is 2. The van der Waals surface area contributed by atoms with Gasteiger partial charge >= 0.3 is 11.9 Å². The number of methoxy groups -OCH3 is 2. The number of rotatable bonds is 12. The molecule has 0 aliphatic heterocycles. The van der Waals surface area contributed by atoms with Crippen LogP contribution in [-0.2, 0) is 19.1 Å². The maximum Gasteiger partial charge on any atom is 0.305 e. The first-order chi connectivity index (χ1) is 16.7. The Morgan fingerprint density at radius 3 is 1.26 bits per heavy atom. The van der Waals surface area contributed by atoms with Gasteiger partial charge < -0.3 is 9.47 Å². The first-order valence-corrected chi connectivity index (χ1v) is 12.4. The van der Waals surface area contributed by atoms with Gasteiger partial charge in [0, 0.05) is 12.8 Å². The fourth-order valence-electron chi connectivity index (χ4n) is 4.51. The van der Waals surface area contributed by atoms with E-state index in [-0.39, 0.29) is 11.9 Å². The third kappa shape index (κ3) is 6.93. The van der Waals surface area contributed by atoms with E-state index in [1.54, 1.807) is 0 Å². The normalized spacial score (nSPS) is 10.9. The van der Waals surface area contributed by atoms with Gasteiger partial charge in [-0.15, -0.1) is 0 Å². The van der Waals surface area contributed by atoms with Crippen molar-refractivity contribution in [1.29, 1.82) is 0 Å². The number of benzene rings is 3. The van der Waals surface area contributed by atoms with Crippen LogP contribution < -0.4 is 10.4 Å². The van der Waals surface area contributed by atoms with Crippen molar-refractivity contribution in [3.63, 3.8) is 0 Å². The maximum absolute atomic E-state index is 11.3. The Morgan fingerprint density at radius 2 is 0.941 bits per heavy atom. The Labute approximate surface area is 202 Å². The Balaban J connectivity index is 1.83. The number of hydrogen-bond acceptors (Lipinski definition) is 4. The Hall–Kier alpha value is -3.14. The molecule has 0 aliphatic carbocycles. The van der Waals surface area contributed by atoms with Gasteiger partial charge in [0.05, 0.1) is 14.2 Å². The second-order valence-corrected chi connectivity index (χ2v) is 8.68. The molecule has 0 saturated carbocycles. The number of hydrogen-bond donors (Lipinski definition) is 0. The van der Waals surface area contributed by atoms with E-state index in [0.717, 1.165) is 51.4 Å². The monoisotopic (exact) mass is 460 g/mol. The van der Waals surface area contributed by atoms with Crippen molar-refractivity contribution < 1.29 is 19.1 Å². The molecule has 0 radical (unpaired) electrons. The highest BCUT2D eigenvalue weighted by atomic mass is 16.5. The molecule has 0 bridgehead atoms. The molecule has 3 aromatic carbocycles. The average Bonchev–Trinajstić information content (AvgIpc) is 2.88. The van der Waals surface area contributed by atoms with E-state index in [2.05, 4.69) is 60.7 Å². The van der Waals surface area contributed by atoms with Crippen molar-refractivity contribution in [2.75, 3.05) is 14.2 Å². The zero-order valence-corrected chi connectivity index (χ0v) is 20.5. The van der Waals surface area contributed by atoms with Crippen LogP contribution in [0.4, 0.5) is 0 Å². The lowest BCUT2D eigenvalue weighted by Gasteiger charge is -2.08. The van der Waals surface area contributed by atoms with Crippen molar-refractivity contribution in [3.8, 4) is 0 Å². The lowest BCUT2D eigenvalue weighted by Crippen LogP contribution is -2.14. The Morgan fingerprint density at radius 1 is 0.588 bits per heavy atom.